The second-order valence-electron chi connectivity index (χ2n) is 6.79. The molecule has 152 valence electrons. The molecule has 1 fully saturated rings. The number of carbonyl (C=O) groups excluding carboxylic acids is 2. The summed E-state index contributed by atoms with van der Waals surface area (Å²) in [6.07, 6.45) is 0.0672. The van der Waals surface area contributed by atoms with Crippen molar-refractivity contribution in [3.8, 4) is 11.5 Å². The summed E-state index contributed by atoms with van der Waals surface area (Å²) in [6.45, 7) is 2.20. The van der Waals surface area contributed by atoms with E-state index in [9.17, 15) is 19.5 Å². The molecule has 0 radical (unpaired) electrons. The zero-order valence-electron chi connectivity index (χ0n) is 16.4. The van der Waals surface area contributed by atoms with Gasteiger partial charge >= 0.3 is 5.97 Å². The Morgan fingerprint density at radius 3 is 2.41 bits per heavy atom. The predicted molar refractivity (Wildman–Crippen MR) is 107 cm³/mol. The number of amides is 2. The SMILES string of the molecule is COc1cc(C(=O)O)cc(NC(=O)C2CC(=O)N(c3ccc(C)cc3)C2)c1OC. The standard InChI is InChI=1S/C21H22N2O6/c1-12-4-6-15(7-5-12)23-11-14(10-18(23)24)20(25)22-16-8-13(21(26)27)9-17(28-2)19(16)29-3/h4-9,14H,10-11H2,1-3H3,(H,22,25)(H,26,27). The van der Waals surface area contributed by atoms with Crippen molar-refractivity contribution >= 4 is 29.2 Å². The van der Waals surface area contributed by atoms with Gasteiger partial charge < -0.3 is 24.8 Å². The lowest BCUT2D eigenvalue weighted by Gasteiger charge is -2.18. The molecule has 1 saturated heterocycles. The number of anilines is 2. The predicted octanol–water partition coefficient (Wildman–Crippen LogP) is 2.70. The molecule has 8 nitrogen and oxygen atoms in total. The number of hydrogen-bond acceptors (Lipinski definition) is 5. The number of carboxylic acid groups (broad SMARTS) is 1. The number of benzene rings is 2. The third kappa shape index (κ3) is 4.16. The molecule has 0 spiro atoms. The first kappa shape index (κ1) is 20.2. The largest absolute Gasteiger partial charge is 0.493 e. The minimum Gasteiger partial charge on any atom is -0.493 e. The van der Waals surface area contributed by atoms with Crippen LogP contribution in [0.3, 0.4) is 0 Å². The number of ether oxygens (including phenoxy) is 2. The molecule has 8 heteroatoms. The Labute approximate surface area is 168 Å². The number of nitrogens with zero attached hydrogens (tertiary/aromatic N) is 1. The van der Waals surface area contributed by atoms with Crippen molar-refractivity contribution < 1.29 is 29.0 Å². The van der Waals surface area contributed by atoms with Crippen molar-refractivity contribution in [2.24, 2.45) is 5.92 Å². The summed E-state index contributed by atoms with van der Waals surface area (Å²) < 4.78 is 10.5. The fourth-order valence-corrected chi connectivity index (χ4v) is 3.27. The van der Waals surface area contributed by atoms with Gasteiger partial charge in [-0.25, -0.2) is 4.79 Å². The first-order valence-corrected chi connectivity index (χ1v) is 9.01. The van der Waals surface area contributed by atoms with Crippen LogP contribution in [-0.2, 0) is 9.59 Å². The van der Waals surface area contributed by atoms with Crippen LogP contribution >= 0.6 is 0 Å². The van der Waals surface area contributed by atoms with Crippen LogP contribution < -0.4 is 19.7 Å². The minimum atomic E-state index is -1.16. The summed E-state index contributed by atoms with van der Waals surface area (Å²) >= 11 is 0. The van der Waals surface area contributed by atoms with Gasteiger partial charge in [0.25, 0.3) is 0 Å². The molecule has 1 aliphatic rings. The van der Waals surface area contributed by atoms with E-state index in [-0.39, 0.29) is 41.6 Å². The molecule has 0 saturated carbocycles. The maximum Gasteiger partial charge on any atom is 0.335 e. The lowest BCUT2D eigenvalue weighted by molar-refractivity contribution is -0.122. The third-order valence-electron chi connectivity index (χ3n) is 4.83. The van der Waals surface area contributed by atoms with Crippen LogP contribution in [0.5, 0.6) is 11.5 Å². The van der Waals surface area contributed by atoms with E-state index in [4.69, 9.17) is 9.47 Å². The number of carboxylic acids is 1. The maximum absolute atomic E-state index is 12.8. The summed E-state index contributed by atoms with van der Waals surface area (Å²) in [6, 6.07) is 10.1. The second kappa shape index (κ2) is 8.22. The van der Waals surface area contributed by atoms with Crippen LogP contribution in [0.15, 0.2) is 36.4 Å². The summed E-state index contributed by atoms with van der Waals surface area (Å²) in [7, 11) is 2.77. The van der Waals surface area contributed by atoms with Gasteiger partial charge in [-0.05, 0) is 31.2 Å². The van der Waals surface area contributed by atoms with Gasteiger partial charge in [0.1, 0.15) is 0 Å². The Kier molecular flexibility index (Phi) is 5.72. The van der Waals surface area contributed by atoms with Crippen molar-refractivity contribution in [1.82, 2.24) is 0 Å². The number of methoxy groups -OCH3 is 2. The van der Waals surface area contributed by atoms with Crippen LogP contribution in [0.25, 0.3) is 0 Å². The van der Waals surface area contributed by atoms with Crippen LogP contribution in [0, 0.1) is 12.8 Å². The third-order valence-corrected chi connectivity index (χ3v) is 4.83. The van der Waals surface area contributed by atoms with E-state index in [1.165, 1.54) is 26.4 Å². The number of aromatic carboxylic acids is 1. The number of hydrogen-bond donors (Lipinski definition) is 2. The first-order valence-electron chi connectivity index (χ1n) is 9.01. The number of rotatable bonds is 6. The molecule has 3 rings (SSSR count). The summed E-state index contributed by atoms with van der Waals surface area (Å²) in [5.41, 5.74) is 1.94. The zero-order chi connectivity index (χ0) is 21.1. The fourth-order valence-electron chi connectivity index (χ4n) is 3.27. The molecule has 0 aromatic heterocycles. The van der Waals surface area contributed by atoms with Crippen molar-refractivity contribution in [1.29, 1.82) is 0 Å². The molecule has 2 aromatic rings. The molecule has 2 N–H and O–H groups in total. The highest BCUT2D eigenvalue weighted by atomic mass is 16.5. The maximum atomic E-state index is 12.8. The smallest absolute Gasteiger partial charge is 0.335 e. The Morgan fingerprint density at radius 2 is 1.83 bits per heavy atom. The highest BCUT2D eigenvalue weighted by molar-refractivity contribution is 6.04. The summed E-state index contributed by atoms with van der Waals surface area (Å²) in [5.74, 6) is -1.87. The lowest BCUT2D eigenvalue weighted by Crippen LogP contribution is -2.28. The van der Waals surface area contributed by atoms with Gasteiger partial charge in [0.05, 0.1) is 31.4 Å². The van der Waals surface area contributed by atoms with E-state index in [2.05, 4.69) is 5.32 Å². The Bertz CT molecular complexity index is 954. The van der Waals surface area contributed by atoms with E-state index in [1.54, 1.807) is 4.90 Å². The molecule has 1 aliphatic heterocycles. The minimum absolute atomic E-state index is 0.0540. The second-order valence-corrected chi connectivity index (χ2v) is 6.79. The number of carbonyl (C=O) groups is 3. The van der Waals surface area contributed by atoms with Gasteiger partial charge in [-0.2, -0.15) is 0 Å². The Hall–Kier alpha value is -3.55. The highest BCUT2D eigenvalue weighted by Crippen LogP contribution is 2.37. The van der Waals surface area contributed by atoms with Gasteiger partial charge in [0.2, 0.25) is 11.8 Å². The number of nitrogens with one attached hydrogen (secondary N) is 1. The molecule has 2 amide bonds. The first-order chi connectivity index (χ1) is 13.8. The van der Waals surface area contributed by atoms with Crippen LogP contribution in [0.1, 0.15) is 22.3 Å². The topological polar surface area (TPSA) is 105 Å². The van der Waals surface area contributed by atoms with E-state index >= 15 is 0 Å². The molecule has 1 unspecified atom stereocenters. The summed E-state index contributed by atoms with van der Waals surface area (Å²) in [5, 5.41) is 12.0. The normalized spacial score (nSPS) is 15.9. The molecule has 29 heavy (non-hydrogen) atoms. The van der Waals surface area contributed by atoms with Crippen molar-refractivity contribution in [2.75, 3.05) is 31.0 Å². The van der Waals surface area contributed by atoms with Gasteiger partial charge in [0, 0.05) is 18.7 Å². The molecule has 2 aromatic carbocycles. The van der Waals surface area contributed by atoms with Gasteiger partial charge in [0.15, 0.2) is 11.5 Å². The van der Waals surface area contributed by atoms with Crippen molar-refractivity contribution in [3.05, 3.63) is 47.5 Å². The fraction of sp³-hybridized carbons (Fsp3) is 0.286. The molecule has 1 atom stereocenters. The average Bonchev–Trinajstić information content (AvgIpc) is 3.09. The molecule has 0 aliphatic carbocycles. The van der Waals surface area contributed by atoms with Crippen LogP contribution in [-0.4, -0.2) is 43.7 Å². The van der Waals surface area contributed by atoms with Gasteiger partial charge in [-0.1, -0.05) is 17.7 Å². The van der Waals surface area contributed by atoms with Gasteiger partial charge in [-0.3, -0.25) is 9.59 Å². The molecule has 1 heterocycles. The molecular formula is C21H22N2O6. The summed E-state index contributed by atoms with van der Waals surface area (Å²) in [4.78, 5) is 38.2. The van der Waals surface area contributed by atoms with Crippen molar-refractivity contribution in [2.45, 2.75) is 13.3 Å². The lowest BCUT2D eigenvalue weighted by atomic mass is 10.1. The van der Waals surface area contributed by atoms with E-state index in [1.807, 2.05) is 31.2 Å². The monoisotopic (exact) mass is 398 g/mol. The van der Waals surface area contributed by atoms with E-state index in [0.717, 1.165) is 11.3 Å². The highest BCUT2D eigenvalue weighted by Gasteiger charge is 2.35. The Balaban J connectivity index is 1.81. The Morgan fingerprint density at radius 1 is 1.14 bits per heavy atom. The van der Waals surface area contributed by atoms with Gasteiger partial charge in [-0.15, -0.1) is 0 Å². The van der Waals surface area contributed by atoms with E-state index < -0.39 is 17.8 Å². The van der Waals surface area contributed by atoms with E-state index in [0.29, 0.717) is 0 Å². The number of aryl methyl sites for hydroxylation is 1. The quantitative estimate of drug-likeness (QED) is 0.775. The van der Waals surface area contributed by atoms with Crippen LogP contribution in [0.2, 0.25) is 0 Å². The zero-order valence-corrected chi connectivity index (χ0v) is 16.4. The van der Waals surface area contributed by atoms with Crippen LogP contribution in [0.4, 0.5) is 11.4 Å². The molecule has 0 bridgehead atoms. The van der Waals surface area contributed by atoms with Crippen molar-refractivity contribution in [3.63, 3.8) is 0 Å². The average molecular weight is 398 g/mol. The molecular weight excluding hydrogens is 376 g/mol.